The van der Waals surface area contributed by atoms with E-state index in [-0.39, 0.29) is 32.1 Å². The van der Waals surface area contributed by atoms with E-state index in [0.717, 1.165) is 6.26 Å². The van der Waals surface area contributed by atoms with Crippen LogP contribution in [-0.4, -0.2) is 81.6 Å². The van der Waals surface area contributed by atoms with Gasteiger partial charge in [-0.25, -0.2) is 18.0 Å². The fraction of sp³-hybridized carbons (Fsp3) is 0.389. The third-order valence-corrected chi connectivity index (χ3v) is 5.45. The van der Waals surface area contributed by atoms with Gasteiger partial charge in [0.15, 0.2) is 6.61 Å². The van der Waals surface area contributed by atoms with Crippen LogP contribution in [0.1, 0.15) is 15.9 Å². The predicted octanol–water partition coefficient (Wildman–Crippen LogP) is 0.133. The number of methoxy groups -OCH3 is 1. The molecular weight excluding hydrogens is 388 g/mol. The highest BCUT2D eigenvalue weighted by molar-refractivity contribution is 7.88. The zero-order valence-electron chi connectivity index (χ0n) is 15.7. The Bertz CT molecular complexity index is 854. The average Bonchev–Trinajstić information content (AvgIpc) is 2.69. The first-order valence-electron chi connectivity index (χ1n) is 8.47. The minimum absolute atomic E-state index is 0.222. The Morgan fingerprint density at radius 1 is 1.07 bits per heavy atom. The van der Waals surface area contributed by atoms with Gasteiger partial charge in [0.05, 0.1) is 18.9 Å². The highest BCUT2D eigenvalue weighted by Crippen LogP contribution is 2.08. The molecule has 0 unspecified atom stereocenters. The Balaban J connectivity index is 1.78. The number of esters is 2. The van der Waals surface area contributed by atoms with Crippen molar-refractivity contribution in [2.45, 2.75) is 0 Å². The van der Waals surface area contributed by atoms with Gasteiger partial charge in [0.1, 0.15) is 0 Å². The van der Waals surface area contributed by atoms with Crippen molar-refractivity contribution in [1.82, 2.24) is 9.21 Å². The second kappa shape index (κ2) is 9.47. The number of hydrogen-bond acceptors (Lipinski definition) is 7. The van der Waals surface area contributed by atoms with Crippen molar-refractivity contribution in [2.24, 2.45) is 0 Å². The molecule has 0 saturated carbocycles. The molecule has 0 aliphatic carbocycles. The predicted molar refractivity (Wildman–Crippen MR) is 101 cm³/mol. The van der Waals surface area contributed by atoms with Crippen LogP contribution in [0.2, 0.25) is 0 Å². The number of carbonyl (C=O) groups is 3. The van der Waals surface area contributed by atoms with Crippen LogP contribution in [0.5, 0.6) is 0 Å². The summed E-state index contributed by atoms with van der Waals surface area (Å²) in [5.41, 5.74) is 1.07. The number of amides is 1. The Labute approximate surface area is 163 Å². The third kappa shape index (κ3) is 6.17. The fourth-order valence-corrected chi connectivity index (χ4v) is 3.38. The van der Waals surface area contributed by atoms with Gasteiger partial charge in [0.2, 0.25) is 10.0 Å². The Kier molecular flexibility index (Phi) is 7.30. The van der Waals surface area contributed by atoms with Gasteiger partial charge >= 0.3 is 11.9 Å². The van der Waals surface area contributed by atoms with Gasteiger partial charge in [0.25, 0.3) is 5.91 Å². The van der Waals surface area contributed by atoms with Gasteiger partial charge in [-0.2, -0.15) is 4.31 Å². The topological polar surface area (TPSA) is 110 Å². The van der Waals surface area contributed by atoms with Gasteiger partial charge in [-0.3, -0.25) is 4.79 Å². The second-order valence-electron chi connectivity index (χ2n) is 6.10. The van der Waals surface area contributed by atoms with E-state index in [0.29, 0.717) is 11.1 Å². The number of hydrogen-bond donors (Lipinski definition) is 0. The molecule has 10 heteroatoms. The molecule has 0 radical (unpaired) electrons. The molecule has 2 rings (SSSR count). The lowest BCUT2D eigenvalue weighted by molar-refractivity contribution is -0.148. The summed E-state index contributed by atoms with van der Waals surface area (Å²) in [4.78, 5) is 36.7. The average molecular weight is 410 g/mol. The SMILES string of the molecule is COC(=O)c1ccc(/C=C/C(=O)OCC(=O)N2CCN(S(C)(=O)=O)CC2)cc1. The Hall–Kier alpha value is -2.72. The molecule has 1 fully saturated rings. The molecule has 1 amide bonds. The van der Waals surface area contributed by atoms with E-state index in [1.807, 2.05) is 0 Å². The van der Waals surface area contributed by atoms with Gasteiger partial charge < -0.3 is 14.4 Å². The van der Waals surface area contributed by atoms with Gasteiger partial charge in [0, 0.05) is 32.3 Å². The zero-order chi connectivity index (χ0) is 20.7. The van der Waals surface area contributed by atoms with Crippen LogP contribution >= 0.6 is 0 Å². The molecule has 152 valence electrons. The summed E-state index contributed by atoms with van der Waals surface area (Å²) in [7, 11) is -1.98. The number of nitrogens with zero attached hydrogens (tertiary/aromatic N) is 2. The summed E-state index contributed by atoms with van der Waals surface area (Å²) in [5, 5.41) is 0. The van der Waals surface area contributed by atoms with E-state index in [1.165, 1.54) is 28.5 Å². The molecular formula is C18H22N2O7S. The van der Waals surface area contributed by atoms with E-state index in [4.69, 9.17) is 4.74 Å². The molecule has 0 N–H and O–H groups in total. The molecule has 1 aliphatic rings. The molecule has 0 bridgehead atoms. The maximum Gasteiger partial charge on any atom is 0.337 e. The molecule has 1 aromatic carbocycles. The van der Waals surface area contributed by atoms with Gasteiger partial charge in [-0.05, 0) is 23.8 Å². The number of piperazine rings is 1. The van der Waals surface area contributed by atoms with Crippen molar-refractivity contribution in [3.8, 4) is 0 Å². The van der Waals surface area contributed by atoms with Gasteiger partial charge in [-0.15, -0.1) is 0 Å². The Morgan fingerprint density at radius 3 is 2.21 bits per heavy atom. The summed E-state index contributed by atoms with van der Waals surface area (Å²) in [6.45, 7) is 0.543. The number of benzene rings is 1. The molecule has 1 aromatic rings. The summed E-state index contributed by atoms with van der Waals surface area (Å²) in [6.07, 6.45) is 3.81. The van der Waals surface area contributed by atoms with E-state index in [1.54, 1.807) is 24.3 Å². The maximum absolute atomic E-state index is 12.1. The first-order chi connectivity index (χ1) is 13.2. The lowest BCUT2D eigenvalue weighted by atomic mass is 10.1. The minimum Gasteiger partial charge on any atom is -0.465 e. The van der Waals surface area contributed by atoms with Crippen molar-refractivity contribution in [3.05, 3.63) is 41.5 Å². The number of ether oxygens (including phenoxy) is 2. The normalized spacial score (nSPS) is 15.4. The molecule has 1 saturated heterocycles. The van der Waals surface area contributed by atoms with Crippen molar-refractivity contribution >= 4 is 33.9 Å². The van der Waals surface area contributed by atoms with Crippen molar-refractivity contribution in [2.75, 3.05) is 46.2 Å². The summed E-state index contributed by atoms with van der Waals surface area (Å²) in [5.74, 6) is -1.51. The summed E-state index contributed by atoms with van der Waals surface area (Å²) >= 11 is 0. The number of sulfonamides is 1. The summed E-state index contributed by atoms with van der Waals surface area (Å²) < 4.78 is 33.7. The lowest BCUT2D eigenvalue weighted by Gasteiger charge is -2.33. The summed E-state index contributed by atoms with van der Waals surface area (Å²) in [6, 6.07) is 6.41. The maximum atomic E-state index is 12.1. The largest absolute Gasteiger partial charge is 0.465 e. The molecule has 1 heterocycles. The third-order valence-electron chi connectivity index (χ3n) is 4.14. The number of carbonyl (C=O) groups excluding carboxylic acids is 3. The van der Waals surface area contributed by atoms with E-state index < -0.39 is 28.6 Å². The molecule has 9 nitrogen and oxygen atoms in total. The van der Waals surface area contributed by atoms with Crippen LogP contribution in [0, 0.1) is 0 Å². The van der Waals surface area contributed by atoms with E-state index in [9.17, 15) is 22.8 Å². The number of rotatable bonds is 6. The van der Waals surface area contributed by atoms with Crippen LogP contribution < -0.4 is 0 Å². The van der Waals surface area contributed by atoms with E-state index in [2.05, 4.69) is 4.74 Å². The molecule has 0 spiro atoms. The lowest BCUT2D eigenvalue weighted by Crippen LogP contribution is -2.51. The fourth-order valence-electron chi connectivity index (χ4n) is 2.55. The monoisotopic (exact) mass is 410 g/mol. The van der Waals surface area contributed by atoms with Crippen molar-refractivity contribution < 1.29 is 32.3 Å². The Morgan fingerprint density at radius 2 is 1.68 bits per heavy atom. The van der Waals surface area contributed by atoms with Crippen LogP contribution in [0.25, 0.3) is 6.08 Å². The zero-order valence-corrected chi connectivity index (χ0v) is 16.5. The van der Waals surface area contributed by atoms with Crippen LogP contribution in [0.4, 0.5) is 0 Å². The van der Waals surface area contributed by atoms with Crippen molar-refractivity contribution in [3.63, 3.8) is 0 Å². The van der Waals surface area contributed by atoms with E-state index >= 15 is 0 Å². The van der Waals surface area contributed by atoms with Crippen LogP contribution in [-0.2, 0) is 29.1 Å². The second-order valence-corrected chi connectivity index (χ2v) is 8.08. The molecule has 0 aromatic heterocycles. The first kappa shape index (κ1) is 21.6. The highest BCUT2D eigenvalue weighted by Gasteiger charge is 2.26. The first-order valence-corrected chi connectivity index (χ1v) is 10.3. The smallest absolute Gasteiger partial charge is 0.337 e. The van der Waals surface area contributed by atoms with Crippen LogP contribution in [0.3, 0.4) is 0 Å². The molecule has 28 heavy (non-hydrogen) atoms. The highest BCUT2D eigenvalue weighted by atomic mass is 32.2. The van der Waals surface area contributed by atoms with Gasteiger partial charge in [-0.1, -0.05) is 12.1 Å². The quantitative estimate of drug-likeness (QED) is 0.484. The molecule has 0 atom stereocenters. The standard InChI is InChI=1S/C18H22N2O7S/c1-26-18(23)15-6-3-14(4-7-15)5-8-17(22)27-13-16(21)19-9-11-20(12-10-19)28(2,24)25/h3-8H,9-13H2,1-2H3/b8-5+. The molecule has 1 aliphatic heterocycles. The minimum atomic E-state index is -3.27. The van der Waals surface area contributed by atoms with Crippen molar-refractivity contribution in [1.29, 1.82) is 0 Å². The van der Waals surface area contributed by atoms with Crippen LogP contribution in [0.15, 0.2) is 30.3 Å².